The lowest BCUT2D eigenvalue weighted by molar-refractivity contribution is -0.0529. The van der Waals surface area contributed by atoms with E-state index in [9.17, 15) is 28.1 Å². The minimum atomic E-state index is -5.80. The van der Waals surface area contributed by atoms with Crippen molar-refractivity contribution in [1.29, 1.82) is 0 Å². The van der Waals surface area contributed by atoms with E-state index in [-0.39, 0.29) is 4.77 Å². The summed E-state index contributed by atoms with van der Waals surface area (Å²) in [7, 11) is -17.0. The summed E-state index contributed by atoms with van der Waals surface area (Å²) in [5, 5.41) is 10.2. The summed E-state index contributed by atoms with van der Waals surface area (Å²) in [6, 6.07) is 0. The lowest BCUT2D eigenvalue weighted by atomic mass is 9.97. The molecule has 6 atom stereocenters. The number of H-pyrrole nitrogens is 1. The molecule has 32 heavy (non-hydrogen) atoms. The van der Waals surface area contributed by atoms with Crippen molar-refractivity contribution in [2.24, 2.45) is 0 Å². The second-order valence-corrected chi connectivity index (χ2v) is 11.1. The molecule has 1 aliphatic rings. The number of aliphatic hydroxyl groups excluding tert-OH is 1. The third-order valence-corrected chi connectivity index (χ3v) is 8.07. The second-order valence-electron chi connectivity index (χ2n) is 5.91. The number of hydrogen-bond acceptors (Lipinski definition) is 10. The van der Waals surface area contributed by atoms with Crippen molar-refractivity contribution in [3.05, 3.63) is 21.4 Å². The monoisotopic (exact) mass is 560 g/mol. The predicted octanol–water partition coefficient (Wildman–Crippen LogP) is 1.36. The maximum Gasteiger partial charge on any atom is 0.490 e. The Kier molecular flexibility index (Phi) is 8.16. The van der Waals surface area contributed by atoms with Crippen molar-refractivity contribution in [1.82, 2.24) is 9.55 Å². The number of phosphoric acid groups is 3. The third kappa shape index (κ3) is 6.44. The zero-order valence-corrected chi connectivity index (χ0v) is 19.4. The lowest BCUT2D eigenvalue weighted by Crippen LogP contribution is -2.42. The smallest absolute Gasteiger partial charge is 0.386 e. The van der Waals surface area contributed by atoms with E-state index in [1.54, 1.807) is 5.92 Å². The van der Waals surface area contributed by atoms with Gasteiger partial charge in [0.1, 0.15) is 16.8 Å². The molecular formula is C11H13F2N2O12P3S2. The summed E-state index contributed by atoms with van der Waals surface area (Å²) in [6.45, 7) is -1.21. The van der Waals surface area contributed by atoms with E-state index in [0.717, 1.165) is 0 Å². The van der Waals surface area contributed by atoms with E-state index in [4.69, 9.17) is 38.1 Å². The predicted molar refractivity (Wildman–Crippen MR) is 103 cm³/mol. The third-order valence-electron chi connectivity index (χ3n) is 3.66. The molecule has 2 heterocycles. The molecule has 1 aliphatic heterocycles. The first-order chi connectivity index (χ1) is 14.4. The summed E-state index contributed by atoms with van der Waals surface area (Å²) in [4.78, 5) is 37.7. The van der Waals surface area contributed by atoms with Crippen LogP contribution < -0.4 is 0 Å². The van der Waals surface area contributed by atoms with Crippen LogP contribution in [0.3, 0.4) is 0 Å². The van der Waals surface area contributed by atoms with Crippen LogP contribution in [0.25, 0.3) is 0 Å². The van der Waals surface area contributed by atoms with Gasteiger partial charge < -0.3 is 34.4 Å². The molecule has 0 aromatic carbocycles. The van der Waals surface area contributed by atoms with Gasteiger partial charge in [-0.2, -0.15) is 8.62 Å². The van der Waals surface area contributed by atoms with Gasteiger partial charge >= 0.3 is 23.5 Å². The Hall–Kier alpha value is -0.730. The number of halogens is 2. The molecule has 180 valence electrons. The van der Waals surface area contributed by atoms with Crippen LogP contribution in [0.1, 0.15) is 6.23 Å². The molecule has 0 saturated carbocycles. The van der Waals surface area contributed by atoms with Crippen LogP contribution in [-0.2, 0) is 31.6 Å². The molecule has 2 rings (SSSR count). The van der Waals surface area contributed by atoms with Gasteiger partial charge in [-0.3, -0.25) is 9.09 Å². The van der Waals surface area contributed by atoms with Crippen LogP contribution in [0.2, 0.25) is 0 Å². The van der Waals surface area contributed by atoms with E-state index < -0.39 is 64.6 Å². The molecule has 6 N–H and O–H groups in total. The Bertz CT molecular complexity index is 1200. The van der Waals surface area contributed by atoms with Crippen molar-refractivity contribution >= 4 is 47.9 Å². The van der Waals surface area contributed by atoms with Gasteiger partial charge in [-0.25, -0.2) is 22.5 Å². The average molecular weight is 560 g/mol. The van der Waals surface area contributed by atoms with Crippen LogP contribution in [0.15, 0.2) is 6.20 Å². The Morgan fingerprint density at radius 2 is 1.84 bits per heavy atom. The second kappa shape index (κ2) is 9.49. The molecule has 14 nitrogen and oxygen atoms in total. The molecule has 0 amide bonds. The summed E-state index contributed by atoms with van der Waals surface area (Å²) in [5.41, 5.74) is -3.08. The minimum absolute atomic E-state index is 0.362. The molecule has 1 aromatic heterocycles. The summed E-state index contributed by atoms with van der Waals surface area (Å²) >= 11 is 9.53. The van der Waals surface area contributed by atoms with E-state index in [1.165, 1.54) is 0 Å². The van der Waals surface area contributed by atoms with Gasteiger partial charge in [-0.15, -0.1) is 6.42 Å². The maximum absolute atomic E-state index is 15.3. The standard InChI is InChI=1S/C11H13F2N2O12P3S2/c1-2-11(13)7(16)6(25-9(11)15-3-5(12)8(31)14-10(15)32)4-24-29(20,21)27-30(22,23)26-28(17,18)19/h1,3,6-7,9,16H,4H2,(H,20,21)(H,22,23)(H,14,31,32)(H2,17,18,19)/t6-,7+,9-,11?/m1/s1. The van der Waals surface area contributed by atoms with Crippen molar-refractivity contribution in [3.63, 3.8) is 0 Å². The molecule has 3 unspecified atom stereocenters. The highest BCUT2D eigenvalue weighted by Crippen LogP contribution is 2.66. The summed E-state index contributed by atoms with van der Waals surface area (Å²) in [6.07, 6.45) is -0.337. The molecule has 0 aliphatic carbocycles. The number of hydrogen-bond donors (Lipinski definition) is 6. The van der Waals surface area contributed by atoms with E-state index in [2.05, 4.69) is 30.3 Å². The fourth-order valence-corrected chi connectivity index (χ4v) is 5.91. The minimum Gasteiger partial charge on any atom is -0.386 e. The molecule has 1 aromatic rings. The van der Waals surface area contributed by atoms with Gasteiger partial charge in [0, 0.05) is 6.20 Å². The number of alkyl halides is 1. The molecule has 0 spiro atoms. The number of rotatable bonds is 8. The summed E-state index contributed by atoms with van der Waals surface area (Å²) < 4.78 is 79.1. The van der Waals surface area contributed by atoms with Crippen LogP contribution in [0.4, 0.5) is 8.78 Å². The van der Waals surface area contributed by atoms with Crippen molar-refractivity contribution in [2.75, 3.05) is 6.61 Å². The summed E-state index contributed by atoms with van der Waals surface area (Å²) in [5.74, 6) is 0.557. The fourth-order valence-electron chi connectivity index (χ4n) is 2.42. The van der Waals surface area contributed by atoms with Gasteiger partial charge in [0.05, 0.1) is 6.61 Å². The number of ether oxygens (including phenoxy) is 1. The van der Waals surface area contributed by atoms with Crippen LogP contribution in [0, 0.1) is 27.6 Å². The number of aromatic amines is 1. The van der Waals surface area contributed by atoms with Gasteiger partial charge in [0.25, 0.3) is 0 Å². The normalized spacial score (nSPS) is 29.8. The van der Waals surface area contributed by atoms with Gasteiger partial charge in [-0.05, 0) is 12.2 Å². The number of nitrogens with one attached hydrogen (secondary N) is 1. The molecule has 21 heteroatoms. The molecule has 1 fully saturated rings. The van der Waals surface area contributed by atoms with E-state index in [0.29, 0.717) is 10.8 Å². The van der Waals surface area contributed by atoms with Gasteiger partial charge in [0.2, 0.25) is 5.67 Å². The van der Waals surface area contributed by atoms with Crippen molar-refractivity contribution in [2.45, 2.75) is 24.1 Å². The Morgan fingerprint density at radius 1 is 1.25 bits per heavy atom. The molecule has 1 saturated heterocycles. The SMILES string of the molecule is C#CC1(F)[C@@H](O)[C@@H](COP(=O)(O)OP(=O)(O)OP(=O)(O)O)O[C@H]1n1cc(F)c(=S)[nH]c1=S. The number of aromatic nitrogens is 2. The molecule has 0 radical (unpaired) electrons. The first-order valence-corrected chi connectivity index (χ1v) is 13.0. The Balaban J connectivity index is 2.23. The molecule has 0 bridgehead atoms. The zero-order valence-electron chi connectivity index (χ0n) is 15.0. The first-order valence-electron chi connectivity index (χ1n) is 7.70. The quantitative estimate of drug-likeness (QED) is 0.151. The van der Waals surface area contributed by atoms with Crippen LogP contribution in [-0.4, -0.2) is 58.7 Å². The first kappa shape index (κ1) is 27.5. The topological polar surface area (TPSA) is 210 Å². The fraction of sp³-hybridized carbons (Fsp3) is 0.455. The highest BCUT2D eigenvalue weighted by Gasteiger charge is 2.58. The largest absolute Gasteiger partial charge is 0.490 e. The van der Waals surface area contributed by atoms with Gasteiger partial charge in [0.15, 0.2) is 16.8 Å². The number of phosphoric ester groups is 1. The number of aliphatic hydroxyl groups is 1. The highest BCUT2D eigenvalue weighted by molar-refractivity contribution is 7.72. The number of nitrogens with zero attached hydrogens (tertiary/aromatic N) is 1. The van der Waals surface area contributed by atoms with Crippen molar-refractivity contribution < 1.29 is 65.0 Å². The van der Waals surface area contributed by atoms with E-state index >= 15 is 4.39 Å². The van der Waals surface area contributed by atoms with Crippen LogP contribution >= 0.6 is 47.9 Å². The number of terminal acetylenes is 1. The van der Waals surface area contributed by atoms with Gasteiger partial charge in [-0.1, -0.05) is 18.1 Å². The lowest BCUT2D eigenvalue weighted by Gasteiger charge is -2.24. The Labute approximate surface area is 187 Å². The Morgan fingerprint density at radius 3 is 2.38 bits per heavy atom. The van der Waals surface area contributed by atoms with Crippen molar-refractivity contribution in [3.8, 4) is 12.3 Å². The molecular weight excluding hydrogens is 547 g/mol. The highest BCUT2D eigenvalue weighted by atomic mass is 32.1. The van der Waals surface area contributed by atoms with Crippen LogP contribution in [0.5, 0.6) is 0 Å². The zero-order chi connectivity index (χ0) is 24.7. The maximum atomic E-state index is 15.3. The average Bonchev–Trinajstić information content (AvgIpc) is 2.85. The van der Waals surface area contributed by atoms with E-state index in [1.807, 2.05) is 0 Å².